The molecule has 130 valence electrons. The van der Waals surface area contributed by atoms with Crippen LogP contribution in [-0.2, 0) is 4.79 Å². The molecule has 3 rings (SSSR count). The number of nitrogens with one attached hydrogen (secondary N) is 3. The van der Waals surface area contributed by atoms with Crippen LogP contribution in [0, 0.1) is 0 Å². The number of carbonyl (C=O) groups is 2. The Morgan fingerprint density at radius 1 is 1.00 bits per heavy atom. The molecule has 1 fully saturated rings. The molecule has 1 aliphatic rings. The average molecular weight is 338 g/mol. The third kappa shape index (κ3) is 4.79. The molecule has 0 spiro atoms. The summed E-state index contributed by atoms with van der Waals surface area (Å²) in [5, 5.41) is 9.01. The Kier molecular flexibility index (Phi) is 5.28. The van der Waals surface area contributed by atoms with Crippen molar-refractivity contribution in [3.05, 3.63) is 48.3 Å². The summed E-state index contributed by atoms with van der Waals surface area (Å²) in [6.07, 6.45) is 7.72. The lowest BCUT2D eigenvalue weighted by atomic mass is 10.2. The van der Waals surface area contributed by atoms with Crippen molar-refractivity contribution in [3.63, 3.8) is 0 Å². The van der Waals surface area contributed by atoms with E-state index in [0.29, 0.717) is 5.56 Å². The van der Waals surface area contributed by atoms with Crippen LogP contribution in [0.1, 0.15) is 43.0 Å². The van der Waals surface area contributed by atoms with Gasteiger partial charge in [0.2, 0.25) is 5.91 Å². The first-order chi connectivity index (χ1) is 12.1. The van der Waals surface area contributed by atoms with Gasteiger partial charge in [-0.1, -0.05) is 12.8 Å². The standard InChI is InChI=1S/C19H22N4O2/c1-13(24)21-16-6-8-17(9-7-16)22-18-10-14(11-20-12-18)19(25)23-15-4-2-3-5-15/h6-12,15,22H,2-5H2,1H3,(H,21,24)(H,23,25). The van der Waals surface area contributed by atoms with Gasteiger partial charge in [-0.3, -0.25) is 14.6 Å². The third-order valence-electron chi connectivity index (χ3n) is 4.18. The van der Waals surface area contributed by atoms with E-state index in [-0.39, 0.29) is 17.9 Å². The number of pyridine rings is 1. The summed E-state index contributed by atoms with van der Waals surface area (Å²) in [4.78, 5) is 27.5. The van der Waals surface area contributed by atoms with Crippen molar-refractivity contribution < 1.29 is 9.59 Å². The maximum Gasteiger partial charge on any atom is 0.253 e. The number of anilines is 3. The molecule has 1 aliphatic carbocycles. The SMILES string of the molecule is CC(=O)Nc1ccc(Nc2cncc(C(=O)NC3CCCC3)c2)cc1. The van der Waals surface area contributed by atoms with E-state index in [1.165, 1.54) is 19.8 Å². The second-order valence-electron chi connectivity index (χ2n) is 6.30. The molecule has 2 amide bonds. The Morgan fingerprint density at radius 3 is 2.36 bits per heavy atom. The lowest BCUT2D eigenvalue weighted by molar-refractivity contribution is -0.114. The molecule has 0 atom stereocenters. The van der Waals surface area contributed by atoms with E-state index >= 15 is 0 Å². The zero-order valence-corrected chi connectivity index (χ0v) is 14.2. The molecule has 0 unspecified atom stereocenters. The third-order valence-corrected chi connectivity index (χ3v) is 4.18. The van der Waals surface area contributed by atoms with Crippen LogP contribution in [0.5, 0.6) is 0 Å². The quantitative estimate of drug-likeness (QED) is 0.780. The predicted octanol–water partition coefficient (Wildman–Crippen LogP) is 3.46. The lowest BCUT2D eigenvalue weighted by Crippen LogP contribution is -2.32. The Labute approximate surface area is 147 Å². The Hall–Kier alpha value is -2.89. The summed E-state index contributed by atoms with van der Waals surface area (Å²) in [5.74, 6) is -0.185. The highest BCUT2D eigenvalue weighted by molar-refractivity contribution is 5.95. The highest BCUT2D eigenvalue weighted by atomic mass is 16.2. The Bertz CT molecular complexity index is 752. The molecule has 6 nitrogen and oxygen atoms in total. The zero-order chi connectivity index (χ0) is 17.6. The van der Waals surface area contributed by atoms with Gasteiger partial charge < -0.3 is 16.0 Å². The molecule has 1 aromatic carbocycles. The molecule has 1 heterocycles. The number of rotatable bonds is 5. The molecule has 0 saturated heterocycles. The fourth-order valence-electron chi connectivity index (χ4n) is 2.98. The molecular formula is C19H22N4O2. The molecule has 1 saturated carbocycles. The van der Waals surface area contributed by atoms with E-state index in [1.807, 2.05) is 24.3 Å². The van der Waals surface area contributed by atoms with Crippen molar-refractivity contribution in [1.29, 1.82) is 0 Å². The van der Waals surface area contributed by atoms with E-state index in [2.05, 4.69) is 20.9 Å². The lowest BCUT2D eigenvalue weighted by Gasteiger charge is -2.13. The Balaban J connectivity index is 1.64. The minimum absolute atomic E-state index is 0.0796. The van der Waals surface area contributed by atoms with E-state index in [4.69, 9.17) is 0 Å². The number of benzene rings is 1. The number of carbonyl (C=O) groups excluding carboxylic acids is 2. The molecule has 6 heteroatoms. The van der Waals surface area contributed by atoms with Gasteiger partial charge in [-0.05, 0) is 43.2 Å². The molecule has 2 aromatic rings. The van der Waals surface area contributed by atoms with Crippen LogP contribution in [0.3, 0.4) is 0 Å². The van der Waals surface area contributed by atoms with Crippen LogP contribution in [0.4, 0.5) is 17.1 Å². The summed E-state index contributed by atoms with van der Waals surface area (Å²) < 4.78 is 0. The second kappa shape index (κ2) is 7.79. The fraction of sp³-hybridized carbons (Fsp3) is 0.316. The van der Waals surface area contributed by atoms with E-state index in [1.54, 1.807) is 18.5 Å². The number of hydrogen-bond donors (Lipinski definition) is 3. The van der Waals surface area contributed by atoms with Crippen molar-refractivity contribution in [3.8, 4) is 0 Å². The highest BCUT2D eigenvalue weighted by Crippen LogP contribution is 2.20. The topological polar surface area (TPSA) is 83.1 Å². The molecular weight excluding hydrogens is 316 g/mol. The molecule has 3 N–H and O–H groups in total. The number of nitrogens with zero attached hydrogens (tertiary/aromatic N) is 1. The van der Waals surface area contributed by atoms with Crippen LogP contribution < -0.4 is 16.0 Å². The van der Waals surface area contributed by atoms with Gasteiger partial charge in [-0.25, -0.2) is 0 Å². The maximum absolute atomic E-state index is 12.3. The molecule has 0 bridgehead atoms. The van der Waals surface area contributed by atoms with Crippen molar-refractivity contribution in [2.45, 2.75) is 38.6 Å². The minimum Gasteiger partial charge on any atom is -0.354 e. The van der Waals surface area contributed by atoms with Gasteiger partial charge in [0.1, 0.15) is 0 Å². The number of aromatic nitrogens is 1. The first-order valence-corrected chi connectivity index (χ1v) is 8.51. The Morgan fingerprint density at radius 2 is 1.68 bits per heavy atom. The molecule has 0 radical (unpaired) electrons. The van der Waals surface area contributed by atoms with Gasteiger partial charge in [0, 0.05) is 30.5 Å². The predicted molar refractivity (Wildman–Crippen MR) is 98.0 cm³/mol. The van der Waals surface area contributed by atoms with Gasteiger partial charge in [0.15, 0.2) is 0 Å². The fourth-order valence-corrected chi connectivity index (χ4v) is 2.98. The number of amides is 2. The summed E-state index contributed by atoms with van der Waals surface area (Å²) in [6, 6.07) is 9.42. The van der Waals surface area contributed by atoms with E-state index in [0.717, 1.165) is 29.9 Å². The highest BCUT2D eigenvalue weighted by Gasteiger charge is 2.18. The molecule has 0 aliphatic heterocycles. The van der Waals surface area contributed by atoms with Gasteiger partial charge in [0.25, 0.3) is 5.91 Å². The van der Waals surface area contributed by atoms with Crippen molar-refractivity contribution in [2.24, 2.45) is 0 Å². The van der Waals surface area contributed by atoms with Crippen LogP contribution >= 0.6 is 0 Å². The maximum atomic E-state index is 12.3. The summed E-state index contributed by atoms with van der Waals surface area (Å²) in [5.41, 5.74) is 2.88. The monoisotopic (exact) mass is 338 g/mol. The van der Waals surface area contributed by atoms with E-state index in [9.17, 15) is 9.59 Å². The summed E-state index contributed by atoms with van der Waals surface area (Å²) in [7, 11) is 0. The second-order valence-corrected chi connectivity index (χ2v) is 6.30. The zero-order valence-electron chi connectivity index (χ0n) is 14.2. The normalized spacial score (nSPS) is 14.1. The van der Waals surface area contributed by atoms with Crippen LogP contribution in [0.25, 0.3) is 0 Å². The van der Waals surface area contributed by atoms with Gasteiger partial charge in [-0.15, -0.1) is 0 Å². The van der Waals surface area contributed by atoms with Crippen LogP contribution in [0.2, 0.25) is 0 Å². The first-order valence-electron chi connectivity index (χ1n) is 8.51. The van der Waals surface area contributed by atoms with E-state index < -0.39 is 0 Å². The smallest absolute Gasteiger partial charge is 0.253 e. The number of hydrogen-bond acceptors (Lipinski definition) is 4. The summed E-state index contributed by atoms with van der Waals surface area (Å²) >= 11 is 0. The summed E-state index contributed by atoms with van der Waals surface area (Å²) in [6.45, 7) is 1.47. The molecule has 25 heavy (non-hydrogen) atoms. The average Bonchev–Trinajstić information content (AvgIpc) is 3.09. The molecule has 1 aromatic heterocycles. The largest absolute Gasteiger partial charge is 0.354 e. The van der Waals surface area contributed by atoms with Gasteiger partial charge >= 0.3 is 0 Å². The van der Waals surface area contributed by atoms with Crippen molar-refractivity contribution >= 4 is 28.9 Å². The van der Waals surface area contributed by atoms with Gasteiger partial charge in [0.05, 0.1) is 17.4 Å². The van der Waals surface area contributed by atoms with Gasteiger partial charge in [-0.2, -0.15) is 0 Å². The van der Waals surface area contributed by atoms with Crippen molar-refractivity contribution in [2.75, 3.05) is 10.6 Å². The van der Waals surface area contributed by atoms with Crippen LogP contribution in [-0.4, -0.2) is 22.8 Å². The first kappa shape index (κ1) is 17.0. The van der Waals surface area contributed by atoms with Crippen molar-refractivity contribution in [1.82, 2.24) is 10.3 Å². The minimum atomic E-state index is -0.106. The van der Waals surface area contributed by atoms with Crippen LogP contribution in [0.15, 0.2) is 42.7 Å².